The Bertz CT molecular complexity index is 2410. The maximum Gasteiger partial charge on any atom is 0.259 e. The molecule has 2 aliphatic rings. The minimum absolute atomic E-state index is 0.0157. The van der Waals surface area contributed by atoms with Crippen molar-refractivity contribution in [3.8, 4) is 40.2 Å². The molecule has 6 rings (SSSR count). The van der Waals surface area contributed by atoms with Gasteiger partial charge in [0.05, 0.1) is 11.1 Å². The van der Waals surface area contributed by atoms with Gasteiger partial charge < -0.3 is 35.0 Å². The smallest absolute Gasteiger partial charge is 0.259 e. The second kappa shape index (κ2) is 14.7. The van der Waals surface area contributed by atoms with Crippen LogP contribution in [-0.2, 0) is 24.9 Å². The van der Waals surface area contributed by atoms with E-state index in [1.807, 2.05) is 59.8 Å². The van der Waals surface area contributed by atoms with Gasteiger partial charge in [0.25, 0.3) is 5.60 Å². The third-order valence-electron chi connectivity index (χ3n) is 9.57. The number of allylic oxidation sites excluding steroid dienone is 7. The van der Waals surface area contributed by atoms with E-state index in [1.165, 1.54) is 48.5 Å². The molecule has 0 radical (unpaired) electrons. The summed E-state index contributed by atoms with van der Waals surface area (Å²) < 4.78 is 12.5. The molecule has 10 nitrogen and oxygen atoms in total. The largest absolute Gasteiger partial charge is 0.508 e. The molecule has 4 aromatic rings. The first-order valence-corrected chi connectivity index (χ1v) is 17.7. The standard InChI is InChI=1S/C45H42O10/c1-23(2)7-10-26-17-28(12-15-34(26)46)43(52)45(44(53)32-18-27(11-8-24(3)4)36(48)22-39(32)55-45)33-21-38(50)37(49)19-29(33)20-40-41(51)31-14-16-35(47)30(42(31)54-40)13-9-25(5)6/h7-9,12,14-22,46-50H,10-11,13H2,1-6H3/b40-20-. The number of ether oxygens (including phenoxy) is 2. The number of carbonyl (C=O) groups is 3. The highest BCUT2D eigenvalue weighted by molar-refractivity contribution is 6.26. The highest BCUT2D eigenvalue weighted by Gasteiger charge is 2.57. The van der Waals surface area contributed by atoms with Gasteiger partial charge in [-0.05, 0) is 132 Å². The van der Waals surface area contributed by atoms with Crippen molar-refractivity contribution in [1.82, 2.24) is 0 Å². The molecule has 1 atom stereocenters. The Morgan fingerprint density at radius 3 is 1.91 bits per heavy atom. The van der Waals surface area contributed by atoms with E-state index >= 15 is 4.79 Å². The molecule has 0 amide bonds. The molecular formula is C45H42O10. The number of benzene rings is 4. The Balaban J connectivity index is 1.57. The van der Waals surface area contributed by atoms with E-state index in [1.54, 1.807) is 0 Å². The summed E-state index contributed by atoms with van der Waals surface area (Å²) in [6.07, 6.45) is 7.68. The maximum atomic E-state index is 15.1. The van der Waals surface area contributed by atoms with Crippen molar-refractivity contribution < 1.29 is 49.4 Å². The average Bonchev–Trinajstić information content (AvgIpc) is 3.59. The van der Waals surface area contributed by atoms with E-state index in [9.17, 15) is 35.1 Å². The Labute approximate surface area is 318 Å². The number of hydrogen-bond acceptors (Lipinski definition) is 10. The zero-order chi connectivity index (χ0) is 39.9. The molecule has 5 N–H and O–H groups in total. The Kier molecular flexibility index (Phi) is 10.2. The van der Waals surface area contributed by atoms with Gasteiger partial charge in [-0.3, -0.25) is 14.4 Å². The summed E-state index contributed by atoms with van der Waals surface area (Å²) >= 11 is 0. The van der Waals surface area contributed by atoms with Crippen LogP contribution in [0.2, 0.25) is 0 Å². The molecule has 55 heavy (non-hydrogen) atoms. The molecular weight excluding hydrogens is 700 g/mol. The average molecular weight is 743 g/mol. The third kappa shape index (κ3) is 7.11. The maximum absolute atomic E-state index is 15.1. The van der Waals surface area contributed by atoms with Gasteiger partial charge in [0.1, 0.15) is 28.7 Å². The predicted octanol–water partition coefficient (Wildman–Crippen LogP) is 8.71. The predicted molar refractivity (Wildman–Crippen MR) is 207 cm³/mol. The minimum Gasteiger partial charge on any atom is -0.508 e. The summed E-state index contributed by atoms with van der Waals surface area (Å²) in [5.41, 5.74) is 1.38. The van der Waals surface area contributed by atoms with Crippen molar-refractivity contribution >= 4 is 23.4 Å². The van der Waals surface area contributed by atoms with Gasteiger partial charge in [-0.25, -0.2) is 0 Å². The molecule has 0 aromatic heterocycles. The van der Waals surface area contributed by atoms with Gasteiger partial charge >= 0.3 is 0 Å². The van der Waals surface area contributed by atoms with Crippen LogP contribution in [0.4, 0.5) is 0 Å². The molecule has 0 fully saturated rings. The van der Waals surface area contributed by atoms with Crippen molar-refractivity contribution in [2.75, 3.05) is 0 Å². The minimum atomic E-state index is -2.56. The van der Waals surface area contributed by atoms with Crippen LogP contribution in [-0.4, -0.2) is 42.9 Å². The fraction of sp³-hybridized carbons (Fsp3) is 0.222. The number of carbonyl (C=O) groups excluding carboxylic acids is 3. The van der Waals surface area contributed by atoms with Crippen molar-refractivity contribution in [1.29, 1.82) is 0 Å². The van der Waals surface area contributed by atoms with Crippen LogP contribution in [0.3, 0.4) is 0 Å². The van der Waals surface area contributed by atoms with Crippen molar-refractivity contribution in [2.45, 2.75) is 66.4 Å². The number of aromatic hydroxyl groups is 5. The highest BCUT2D eigenvalue weighted by Crippen LogP contribution is 2.49. The fourth-order valence-electron chi connectivity index (χ4n) is 6.57. The quantitative estimate of drug-likeness (QED) is 0.0348. The van der Waals surface area contributed by atoms with E-state index in [-0.39, 0.29) is 81.6 Å². The van der Waals surface area contributed by atoms with E-state index < -0.39 is 34.4 Å². The Morgan fingerprint density at radius 2 is 1.25 bits per heavy atom. The van der Waals surface area contributed by atoms with Crippen LogP contribution in [0.1, 0.15) is 100 Å². The number of ketones is 3. The van der Waals surface area contributed by atoms with Crippen LogP contribution in [0.5, 0.6) is 40.2 Å². The van der Waals surface area contributed by atoms with E-state index in [4.69, 9.17) is 9.47 Å². The fourth-order valence-corrected chi connectivity index (χ4v) is 6.57. The summed E-state index contributed by atoms with van der Waals surface area (Å²) in [6, 6.07) is 11.8. The van der Waals surface area contributed by atoms with Gasteiger partial charge in [0.15, 0.2) is 17.3 Å². The molecule has 0 aliphatic carbocycles. The first-order valence-electron chi connectivity index (χ1n) is 17.7. The number of phenolic OH excluding ortho intramolecular Hbond substituents is 5. The van der Waals surface area contributed by atoms with Gasteiger partial charge in [-0.15, -0.1) is 0 Å². The molecule has 282 valence electrons. The zero-order valence-corrected chi connectivity index (χ0v) is 31.4. The molecule has 4 aromatic carbocycles. The number of fused-ring (bicyclic) bond motifs is 2. The molecule has 0 spiro atoms. The van der Waals surface area contributed by atoms with Crippen LogP contribution < -0.4 is 9.47 Å². The normalized spacial score (nSPS) is 16.2. The molecule has 0 saturated carbocycles. The summed E-state index contributed by atoms with van der Waals surface area (Å²) in [4.78, 5) is 43.8. The Morgan fingerprint density at radius 1 is 0.655 bits per heavy atom. The van der Waals surface area contributed by atoms with Gasteiger partial charge in [0.2, 0.25) is 17.3 Å². The number of phenols is 5. The molecule has 2 heterocycles. The number of hydrogen-bond donors (Lipinski definition) is 5. The van der Waals surface area contributed by atoms with Crippen LogP contribution in [0.15, 0.2) is 95.3 Å². The zero-order valence-electron chi connectivity index (χ0n) is 31.4. The monoisotopic (exact) mass is 742 g/mol. The second-order valence-corrected chi connectivity index (χ2v) is 14.5. The summed E-state index contributed by atoms with van der Waals surface area (Å²) in [5, 5.41) is 54.1. The molecule has 2 aliphatic heterocycles. The van der Waals surface area contributed by atoms with E-state index in [0.29, 0.717) is 16.7 Å². The summed E-state index contributed by atoms with van der Waals surface area (Å²) in [6.45, 7) is 11.4. The first-order chi connectivity index (χ1) is 26.0. The molecule has 10 heteroatoms. The molecule has 0 bridgehead atoms. The lowest BCUT2D eigenvalue weighted by Gasteiger charge is -2.28. The third-order valence-corrected chi connectivity index (χ3v) is 9.57. The lowest BCUT2D eigenvalue weighted by Crippen LogP contribution is -2.46. The second-order valence-electron chi connectivity index (χ2n) is 14.5. The first kappa shape index (κ1) is 38.2. The topological polar surface area (TPSA) is 171 Å². The molecule has 1 unspecified atom stereocenters. The van der Waals surface area contributed by atoms with Crippen molar-refractivity contribution in [3.63, 3.8) is 0 Å². The van der Waals surface area contributed by atoms with Gasteiger partial charge in [0, 0.05) is 22.8 Å². The van der Waals surface area contributed by atoms with E-state index in [0.717, 1.165) is 28.9 Å². The summed E-state index contributed by atoms with van der Waals surface area (Å²) in [7, 11) is 0. The van der Waals surface area contributed by atoms with Crippen LogP contribution in [0, 0.1) is 0 Å². The lowest BCUT2D eigenvalue weighted by atomic mass is 9.78. The van der Waals surface area contributed by atoms with Crippen LogP contribution >= 0.6 is 0 Å². The van der Waals surface area contributed by atoms with Crippen LogP contribution in [0.25, 0.3) is 6.08 Å². The Hall–Kier alpha value is -6.55. The van der Waals surface area contributed by atoms with Crippen molar-refractivity contribution in [2.24, 2.45) is 0 Å². The SMILES string of the molecule is CC(C)=CCc1cc(C(=O)C2(c3cc(O)c(O)cc3/C=C3\Oc4c(ccc(O)c4CC=C(C)C)C3=O)Oc3cc(O)c(CC=C(C)C)cc3C2=O)ccc1O. The summed E-state index contributed by atoms with van der Waals surface area (Å²) in [5.74, 6) is -4.12. The van der Waals surface area contributed by atoms with Crippen molar-refractivity contribution in [3.05, 3.63) is 140 Å². The number of Topliss-reactive ketones (excluding diaryl/α,β-unsaturated/α-hetero) is 3. The number of rotatable bonds is 10. The van der Waals surface area contributed by atoms with Gasteiger partial charge in [-0.1, -0.05) is 34.9 Å². The van der Waals surface area contributed by atoms with E-state index in [2.05, 4.69) is 0 Å². The lowest BCUT2D eigenvalue weighted by molar-refractivity contribution is 0.0451. The molecule has 0 saturated heterocycles. The van der Waals surface area contributed by atoms with Gasteiger partial charge in [-0.2, -0.15) is 0 Å². The highest BCUT2D eigenvalue weighted by atomic mass is 16.5.